The Morgan fingerprint density at radius 2 is 2.00 bits per heavy atom. The van der Waals surface area contributed by atoms with Gasteiger partial charge in [-0.25, -0.2) is 0 Å². The summed E-state index contributed by atoms with van der Waals surface area (Å²) in [5.41, 5.74) is 1.53. The second-order valence-corrected chi connectivity index (χ2v) is 8.41. The zero-order valence-corrected chi connectivity index (χ0v) is 15.0. The summed E-state index contributed by atoms with van der Waals surface area (Å²) in [7, 11) is 0. The lowest BCUT2D eigenvalue weighted by Crippen LogP contribution is -2.49. The van der Waals surface area contributed by atoms with Crippen molar-refractivity contribution in [1.82, 2.24) is 5.32 Å². The first kappa shape index (κ1) is 15.9. The molecule has 2 aliphatic heterocycles. The number of nitrogens with one attached hydrogen (secondary N) is 1. The third kappa shape index (κ3) is 4.04. The van der Waals surface area contributed by atoms with Gasteiger partial charge in [-0.15, -0.1) is 0 Å². The summed E-state index contributed by atoms with van der Waals surface area (Å²) < 4.78 is 7.32. The summed E-state index contributed by atoms with van der Waals surface area (Å²) in [6.45, 7) is 3.18. The van der Waals surface area contributed by atoms with E-state index in [0.29, 0.717) is 12.1 Å². The Kier molecular flexibility index (Phi) is 5.31. The average molecular weight is 370 g/mol. The Morgan fingerprint density at radius 3 is 2.71 bits per heavy atom. The first-order chi connectivity index (χ1) is 10.2. The maximum atomic E-state index is 6.18. The van der Waals surface area contributed by atoms with Crippen LogP contribution in [0.4, 0.5) is 0 Å². The zero-order valence-electron chi connectivity index (χ0n) is 12.6. The molecule has 1 aromatic carbocycles. The van der Waals surface area contributed by atoms with E-state index in [1.165, 1.54) is 36.3 Å². The highest BCUT2D eigenvalue weighted by molar-refractivity contribution is 9.10. The summed E-state index contributed by atoms with van der Waals surface area (Å²) in [6, 6.07) is 9.63. The lowest BCUT2D eigenvalue weighted by molar-refractivity contribution is -0.0940. The lowest BCUT2D eigenvalue weighted by atomic mass is 9.85. The molecule has 4 heteroatoms. The van der Waals surface area contributed by atoms with Gasteiger partial charge in [-0.3, -0.25) is 0 Å². The van der Waals surface area contributed by atoms with E-state index >= 15 is 0 Å². The first-order valence-electron chi connectivity index (χ1n) is 7.90. The first-order valence-corrected chi connectivity index (χ1v) is 9.85. The van der Waals surface area contributed by atoms with Gasteiger partial charge in [0.05, 0.1) is 5.60 Å². The van der Waals surface area contributed by atoms with Crippen molar-refractivity contribution in [2.75, 3.05) is 18.1 Å². The molecule has 2 nitrogen and oxygen atoms in total. The molecular weight excluding hydrogens is 346 g/mol. The van der Waals surface area contributed by atoms with Crippen molar-refractivity contribution in [2.24, 2.45) is 0 Å². The Morgan fingerprint density at radius 1 is 1.29 bits per heavy atom. The van der Waals surface area contributed by atoms with E-state index in [9.17, 15) is 0 Å². The lowest BCUT2D eigenvalue weighted by Gasteiger charge is -2.44. The average Bonchev–Trinajstić information content (AvgIpc) is 2.49. The predicted octanol–water partition coefficient (Wildman–Crippen LogP) is 4.54. The molecular formula is C17H24BrNOS. The zero-order chi connectivity index (χ0) is 14.7. The van der Waals surface area contributed by atoms with Crippen molar-refractivity contribution in [2.45, 2.75) is 50.3 Å². The number of ether oxygens (including phenoxy) is 1. The van der Waals surface area contributed by atoms with Gasteiger partial charge in [-0.2, -0.15) is 11.8 Å². The molecule has 0 saturated carbocycles. The summed E-state index contributed by atoms with van der Waals surface area (Å²) >= 11 is 5.57. The van der Waals surface area contributed by atoms with Crippen LogP contribution in [0.25, 0.3) is 0 Å². The SMILES string of the molecule is C[C@H](NC1CCOC2(CCSCC2)C1)c1ccc(Br)cc1. The Labute approximate surface area is 140 Å². The van der Waals surface area contributed by atoms with E-state index in [-0.39, 0.29) is 5.60 Å². The van der Waals surface area contributed by atoms with Crippen molar-refractivity contribution in [3.8, 4) is 0 Å². The van der Waals surface area contributed by atoms with Gasteiger partial charge in [0.2, 0.25) is 0 Å². The third-order valence-corrected chi connectivity index (χ3v) is 6.27. The molecule has 2 atom stereocenters. The van der Waals surface area contributed by atoms with Crippen molar-refractivity contribution in [3.63, 3.8) is 0 Å². The predicted molar refractivity (Wildman–Crippen MR) is 94.0 cm³/mol. The molecule has 1 unspecified atom stereocenters. The van der Waals surface area contributed by atoms with Gasteiger partial charge < -0.3 is 10.1 Å². The van der Waals surface area contributed by atoms with Crippen molar-refractivity contribution in [3.05, 3.63) is 34.3 Å². The Bertz CT molecular complexity index is 453. The van der Waals surface area contributed by atoms with Gasteiger partial charge in [0.1, 0.15) is 0 Å². The number of hydrogen-bond acceptors (Lipinski definition) is 3. The standard InChI is InChI=1S/C17H24BrNOS/c1-13(14-2-4-15(18)5-3-14)19-16-6-9-20-17(12-16)7-10-21-11-8-17/h2-5,13,16,19H,6-12H2,1H3/t13-,16?/m0/s1. The molecule has 21 heavy (non-hydrogen) atoms. The van der Waals surface area contributed by atoms with E-state index in [4.69, 9.17) is 4.74 Å². The number of thioether (sulfide) groups is 1. The highest BCUT2D eigenvalue weighted by atomic mass is 79.9. The largest absolute Gasteiger partial charge is 0.375 e. The van der Waals surface area contributed by atoms with Crippen LogP contribution in [0.2, 0.25) is 0 Å². The third-order valence-electron chi connectivity index (χ3n) is 4.75. The molecule has 1 spiro atoms. The monoisotopic (exact) mass is 369 g/mol. The minimum atomic E-state index is 0.167. The molecule has 1 aromatic rings. The van der Waals surface area contributed by atoms with Gasteiger partial charge in [-0.1, -0.05) is 28.1 Å². The van der Waals surface area contributed by atoms with Crippen molar-refractivity contribution in [1.29, 1.82) is 0 Å². The van der Waals surface area contributed by atoms with Crippen LogP contribution in [0.15, 0.2) is 28.7 Å². The van der Waals surface area contributed by atoms with Crippen LogP contribution in [-0.2, 0) is 4.74 Å². The topological polar surface area (TPSA) is 21.3 Å². The highest BCUT2D eigenvalue weighted by Crippen LogP contribution is 2.38. The van der Waals surface area contributed by atoms with E-state index < -0.39 is 0 Å². The summed E-state index contributed by atoms with van der Waals surface area (Å²) in [6.07, 6.45) is 4.76. The summed E-state index contributed by atoms with van der Waals surface area (Å²) in [4.78, 5) is 0. The number of benzene rings is 1. The molecule has 0 radical (unpaired) electrons. The normalized spacial score (nSPS) is 26.7. The number of hydrogen-bond donors (Lipinski definition) is 1. The van der Waals surface area contributed by atoms with E-state index in [2.05, 4.69) is 64.2 Å². The molecule has 2 aliphatic rings. The van der Waals surface area contributed by atoms with E-state index in [1.807, 2.05) is 0 Å². The van der Waals surface area contributed by atoms with Crippen molar-refractivity contribution >= 4 is 27.7 Å². The minimum Gasteiger partial charge on any atom is -0.375 e. The van der Waals surface area contributed by atoms with Crippen LogP contribution in [0.3, 0.4) is 0 Å². The van der Waals surface area contributed by atoms with Gasteiger partial charge in [0, 0.05) is 23.2 Å². The molecule has 0 amide bonds. The molecule has 1 N–H and O–H groups in total. The molecule has 2 fully saturated rings. The van der Waals surface area contributed by atoms with E-state index in [0.717, 1.165) is 17.5 Å². The smallest absolute Gasteiger partial charge is 0.0713 e. The molecule has 116 valence electrons. The van der Waals surface area contributed by atoms with Crippen LogP contribution in [0.5, 0.6) is 0 Å². The fourth-order valence-corrected chi connectivity index (χ4v) is 4.96. The maximum absolute atomic E-state index is 6.18. The molecule has 0 aliphatic carbocycles. The molecule has 2 saturated heterocycles. The van der Waals surface area contributed by atoms with E-state index in [1.54, 1.807) is 0 Å². The summed E-state index contributed by atoms with van der Waals surface area (Å²) in [5.74, 6) is 2.52. The minimum absolute atomic E-state index is 0.167. The number of halogens is 1. The second-order valence-electron chi connectivity index (χ2n) is 6.27. The van der Waals surface area contributed by atoms with Crippen LogP contribution >= 0.6 is 27.7 Å². The molecule has 3 rings (SSSR count). The Balaban J connectivity index is 1.60. The van der Waals surface area contributed by atoms with Crippen LogP contribution in [0.1, 0.15) is 44.2 Å². The molecule has 0 bridgehead atoms. The van der Waals surface area contributed by atoms with Gasteiger partial charge >= 0.3 is 0 Å². The van der Waals surface area contributed by atoms with Gasteiger partial charge in [0.25, 0.3) is 0 Å². The van der Waals surface area contributed by atoms with Gasteiger partial charge in [0.15, 0.2) is 0 Å². The van der Waals surface area contributed by atoms with Crippen LogP contribution in [0, 0.1) is 0 Å². The fourth-order valence-electron chi connectivity index (χ4n) is 3.46. The molecule has 0 aromatic heterocycles. The number of rotatable bonds is 3. The summed E-state index contributed by atoms with van der Waals surface area (Å²) in [5, 5.41) is 3.82. The van der Waals surface area contributed by atoms with Crippen molar-refractivity contribution < 1.29 is 4.74 Å². The quantitative estimate of drug-likeness (QED) is 0.844. The van der Waals surface area contributed by atoms with Gasteiger partial charge in [-0.05, 0) is 61.8 Å². The Hall–Kier alpha value is -0.0300. The fraction of sp³-hybridized carbons (Fsp3) is 0.647. The van der Waals surface area contributed by atoms with Crippen LogP contribution < -0.4 is 5.32 Å². The second kappa shape index (κ2) is 7.03. The van der Waals surface area contributed by atoms with Crippen LogP contribution in [-0.4, -0.2) is 29.8 Å². The highest BCUT2D eigenvalue weighted by Gasteiger charge is 2.38. The molecule has 2 heterocycles. The maximum Gasteiger partial charge on any atom is 0.0713 e.